The van der Waals surface area contributed by atoms with E-state index in [0.29, 0.717) is 6.54 Å². The van der Waals surface area contributed by atoms with Crippen LogP contribution < -0.4 is 5.73 Å². The maximum atomic E-state index is 5.54. The third-order valence-corrected chi connectivity index (χ3v) is 4.74. The Kier molecular flexibility index (Phi) is 4.01. The van der Waals surface area contributed by atoms with Gasteiger partial charge in [-0.15, -0.1) is 21.5 Å². The standard InChI is InChI=1S/C9H11BrN4S2/c1-14-8(3-11)12-13-9(14)16-5-6-2-7(10)15-4-6/h2,4H,3,5,11H2,1H3. The van der Waals surface area contributed by atoms with Crippen molar-refractivity contribution >= 4 is 39.0 Å². The molecule has 2 aromatic heterocycles. The first-order chi connectivity index (χ1) is 7.70. The molecule has 0 spiro atoms. The Hall–Kier alpha value is -0.370. The highest BCUT2D eigenvalue weighted by Gasteiger charge is 2.08. The molecule has 0 aliphatic carbocycles. The van der Waals surface area contributed by atoms with Gasteiger partial charge in [0.1, 0.15) is 5.82 Å². The molecule has 0 aliphatic rings. The van der Waals surface area contributed by atoms with Crippen molar-refractivity contribution in [1.29, 1.82) is 0 Å². The first-order valence-electron chi connectivity index (χ1n) is 4.64. The van der Waals surface area contributed by atoms with Gasteiger partial charge in [0, 0.05) is 12.8 Å². The number of nitrogens with zero attached hydrogens (tertiary/aromatic N) is 3. The van der Waals surface area contributed by atoms with E-state index in [1.165, 1.54) is 5.56 Å². The van der Waals surface area contributed by atoms with Crippen molar-refractivity contribution in [3.63, 3.8) is 0 Å². The third-order valence-electron chi connectivity index (χ3n) is 2.10. The second-order valence-electron chi connectivity index (χ2n) is 3.21. The van der Waals surface area contributed by atoms with Crippen LogP contribution in [-0.4, -0.2) is 14.8 Å². The van der Waals surface area contributed by atoms with Gasteiger partial charge >= 0.3 is 0 Å². The second kappa shape index (κ2) is 5.31. The molecule has 0 saturated carbocycles. The topological polar surface area (TPSA) is 56.7 Å². The van der Waals surface area contributed by atoms with Crippen LogP contribution in [0.1, 0.15) is 11.4 Å². The van der Waals surface area contributed by atoms with Crippen LogP contribution in [0.2, 0.25) is 0 Å². The third kappa shape index (κ3) is 2.65. The minimum atomic E-state index is 0.425. The fourth-order valence-corrected chi connectivity index (χ4v) is 3.39. The molecule has 2 N–H and O–H groups in total. The van der Waals surface area contributed by atoms with Gasteiger partial charge in [0.25, 0.3) is 0 Å². The smallest absolute Gasteiger partial charge is 0.191 e. The number of halogens is 1. The molecule has 2 aromatic rings. The summed E-state index contributed by atoms with van der Waals surface area (Å²) in [5, 5.41) is 11.1. The van der Waals surface area contributed by atoms with Crippen LogP contribution in [0.4, 0.5) is 0 Å². The minimum Gasteiger partial charge on any atom is -0.324 e. The zero-order valence-corrected chi connectivity index (χ0v) is 11.9. The molecule has 0 amide bonds. The Bertz CT molecular complexity index is 480. The summed E-state index contributed by atoms with van der Waals surface area (Å²) < 4.78 is 3.09. The molecular formula is C9H11BrN4S2. The SMILES string of the molecule is Cn1c(CN)nnc1SCc1csc(Br)c1. The van der Waals surface area contributed by atoms with E-state index in [1.54, 1.807) is 23.1 Å². The van der Waals surface area contributed by atoms with Crippen molar-refractivity contribution in [2.24, 2.45) is 12.8 Å². The fraction of sp³-hybridized carbons (Fsp3) is 0.333. The molecule has 86 valence electrons. The van der Waals surface area contributed by atoms with Gasteiger partial charge in [0.05, 0.1) is 10.3 Å². The van der Waals surface area contributed by atoms with Crippen LogP contribution in [0.3, 0.4) is 0 Å². The van der Waals surface area contributed by atoms with Crippen LogP contribution in [0, 0.1) is 0 Å². The van der Waals surface area contributed by atoms with Crippen molar-refractivity contribution < 1.29 is 0 Å². The van der Waals surface area contributed by atoms with Gasteiger partial charge in [-0.25, -0.2) is 0 Å². The molecule has 2 heterocycles. The molecule has 16 heavy (non-hydrogen) atoms. The predicted octanol–water partition coefficient (Wildman–Crippen LogP) is 2.39. The van der Waals surface area contributed by atoms with E-state index in [9.17, 15) is 0 Å². The summed E-state index contributed by atoms with van der Waals surface area (Å²) in [5.41, 5.74) is 6.83. The van der Waals surface area contributed by atoms with E-state index >= 15 is 0 Å². The van der Waals surface area contributed by atoms with E-state index in [0.717, 1.165) is 20.5 Å². The lowest BCUT2D eigenvalue weighted by Gasteiger charge is -2.00. The highest BCUT2D eigenvalue weighted by atomic mass is 79.9. The van der Waals surface area contributed by atoms with Gasteiger partial charge in [-0.05, 0) is 32.9 Å². The Morgan fingerprint density at radius 1 is 1.56 bits per heavy atom. The molecule has 7 heteroatoms. The fourth-order valence-electron chi connectivity index (χ4n) is 1.22. The molecule has 0 fully saturated rings. The maximum Gasteiger partial charge on any atom is 0.191 e. The molecule has 0 saturated heterocycles. The van der Waals surface area contributed by atoms with Crippen LogP contribution in [0.25, 0.3) is 0 Å². The van der Waals surface area contributed by atoms with Crippen LogP contribution in [0.15, 0.2) is 20.4 Å². The van der Waals surface area contributed by atoms with E-state index < -0.39 is 0 Å². The number of thioether (sulfide) groups is 1. The normalized spacial score (nSPS) is 10.9. The van der Waals surface area contributed by atoms with Crippen LogP contribution in [-0.2, 0) is 19.3 Å². The van der Waals surface area contributed by atoms with Gasteiger partial charge in [-0.2, -0.15) is 0 Å². The monoisotopic (exact) mass is 318 g/mol. The van der Waals surface area contributed by atoms with Crippen molar-refractivity contribution in [1.82, 2.24) is 14.8 Å². The van der Waals surface area contributed by atoms with E-state index in [4.69, 9.17) is 5.73 Å². The van der Waals surface area contributed by atoms with E-state index in [2.05, 4.69) is 37.6 Å². The molecule has 0 radical (unpaired) electrons. The Labute approximate surface area is 110 Å². The van der Waals surface area contributed by atoms with Crippen LogP contribution in [0.5, 0.6) is 0 Å². The molecule has 0 unspecified atom stereocenters. The predicted molar refractivity (Wildman–Crippen MR) is 70.5 cm³/mol. The van der Waals surface area contributed by atoms with E-state index in [-0.39, 0.29) is 0 Å². The maximum absolute atomic E-state index is 5.54. The average molecular weight is 319 g/mol. The molecule has 0 aromatic carbocycles. The van der Waals surface area contributed by atoms with Crippen molar-refractivity contribution in [3.8, 4) is 0 Å². The zero-order valence-electron chi connectivity index (χ0n) is 8.68. The van der Waals surface area contributed by atoms with Gasteiger partial charge in [0.15, 0.2) is 5.16 Å². The number of aromatic nitrogens is 3. The average Bonchev–Trinajstić information content (AvgIpc) is 2.83. The van der Waals surface area contributed by atoms with Crippen LogP contribution >= 0.6 is 39.0 Å². The number of hydrogen-bond donors (Lipinski definition) is 1. The van der Waals surface area contributed by atoms with Gasteiger partial charge in [0.2, 0.25) is 0 Å². The highest BCUT2D eigenvalue weighted by molar-refractivity contribution is 9.11. The molecule has 0 bridgehead atoms. The van der Waals surface area contributed by atoms with Gasteiger partial charge in [-0.1, -0.05) is 11.8 Å². The van der Waals surface area contributed by atoms with Gasteiger partial charge in [-0.3, -0.25) is 0 Å². The lowest BCUT2D eigenvalue weighted by atomic mass is 10.4. The Morgan fingerprint density at radius 2 is 2.38 bits per heavy atom. The molecule has 2 rings (SSSR count). The molecule has 4 nitrogen and oxygen atoms in total. The lowest BCUT2D eigenvalue weighted by molar-refractivity contribution is 0.734. The first kappa shape index (κ1) is 12.1. The summed E-state index contributed by atoms with van der Waals surface area (Å²) in [5.74, 6) is 1.72. The Balaban J connectivity index is 2.02. The number of thiophene rings is 1. The molecule has 0 aliphatic heterocycles. The summed E-state index contributed by atoms with van der Waals surface area (Å²) in [4.78, 5) is 0. The summed E-state index contributed by atoms with van der Waals surface area (Å²) >= 11 is 6.81. The van der Waals surface area contributed by atoms with Crippen molar-refractivity contribution in [2.75, 3.05) is 0 Å². The summed E-state index contributed by atoms with van der Waals surface area (Å²) in [6.07, 6.45) is 0. The zero-order chi connectivity index (χ0) is 11.5. The molecule has 0 atom stereocenters. The van der Waals surface area contributed by atoms with Crippen molar-refractivity contribution in [3.05, 3.63) is 26.6 Å². The first-order valence-corrected chi connectivity index (χ1v) is 7.30. The second-order valence-corrected chi connectivity index (χ2v) is 6.44. The van der Waals surface area contributed by atoms with Gasteiger partial charge < -0.3 is 10.3 Å². The van der Waals surface area contributed by atoms with Crippen molar-refractivity contribution in [2.45, 2.75) is 17.5 Å². The highest BCUT2D eigenvalue weighted by Crippen LogP contribution is 2.26. The summed E-state index contributed by atoms with van der Waals surface area (Å²) in [6.45, 7) is 0.425. The largest absolute Gasteiger partial charge is 0.324 e. The number of nitrogens with two attached hydrogens (primary N) is 1. The number of hydrogen-bond acceptors (Lipinski definition) is 5. The summed E-state index contributed by atoms with van der Waals surface area (Å²) in [7, 11) is 1.94. The Morgan fingerprint density at radius 3 is 2.94 bits per heavy atom. The number of rotatable bonds is 4. The molecular weight excluding hydrogens is 308 g/mol. The minimum absolute atomic E-state index is 0.425. The summed E-state index contributed by atoms with van der Waals surface area (Å²) in [6, 6.07) is 2.12. The quantitative estimate of drug-likeness (QED) is 0.879. The lowest BCUT2D eigenvalue weighted by Crippen LogP contribution is -2.05. The van der Waals surface area contributed by atoms with E-state index in [1.807, 2.05) is 11.6 Å².